The second-order valence-electron chi connectivity index (χ2n) is 5.33. The van der Waals surface area contributed by atoms with Crippen LogP contribution in [-0.4, -0.2) is 44.8 Å². The summed E-state index contributed by atoms with van der Waals surface area (Å²) in [5.74, 6) is -3.14. The van der Waals surface area contributed by atoms with Crippen LogP contribution in [0.3, 0.4) is 0 Å². The number of nitrogens with one attached hydrogen (secondary N) is 1. The Morgan fingerprint density at radius 1 is 1.35 bits per heavy atom. The zero-order valence-electron chi connectivity index (χ0n) is 12.5. The summed E-state index contributed by atoms with van der Waals surface area (Å²) in [6.45, 7) is 0.591. The summed E-state index contributed by atoms with van der Waals surface area (Å²) in [6, 6.07) is 2.89. The molecule has 0 saturated carbocycles. The molecule has 0 radical (unpaired) electrons. The first-order valence-corrected chi connectivity index (χ1v) is 8.74. The molecule has 0 aromatic heterocycles. The average molecular weight is 347 g/mol. The van der Waals surface area contributed by atoms with Crippen LogP contribution < -0.4 is 11.1 Å². The lowest BCUT2D eigenvalue weighted by Gasteiger charge is -2.31. The number of carbonyl (C=O) groups excluding carboxylic acids is 1. The minimum absolute atomic E-state index is 0.105. The van der Waals surface area contributed by atoms with Gasteiger partial charge in [-0.05, 0) is 25.0 Å². The number of rotatable bonds is 5. The van der Waals surface area contributed by atoms with Crippen LogP contribution in [0, 0.1) is 17.6 Å². The standard InChI is InChI=1S/C14H19F2N3O3S/c15-11-4-1-5-12(16)13(11)23(21,22)19-8-2-3-10(9-19)14(20)18-7-6-17/h1,4-5,10H,2-3,6-9,17H2,(H,18,20). The van der Waals surface area contributed by atoms with E-state index in [0.29, 0.717) is 19.4 Å². The first-order chi connectivity index (χ1) is 10.9. The molecule has 1 unspecified atom stereocenters. The smallest absolute Gasteiger partial charge is 0.248 e. The van der Waals surface area contributed by atoms with Crippen LogP contribution >= 0.6 is 0 Å². The number of amides is 1. The number of nitrogens with zero attached hydrogens (tertiary/aromatic N) is 1. The zero-order valence-corrected chi connectivity index (χ0v) is 13.3. The molecule has 1 atom stereocenters. The van der Waals surface area contributed by atoms with Crippen molar-refractivity contribution in [1.29, 1.82) is 0 Å². The highest BCUT2D eigenvalue weighted by molar-refractivity contribution is 7.89. The Morgan fingerprint density at radius 2 is 2.00 bits per heavy atom. The second kappa shape index (κ2) is 7.33. The van der Waals surface area contributed by atoms with E-state index in [9.17, 15) is 22.0 Å². The van der Waals surface area contributed by atoms with Gasteiger partial charge in [-0.1, -0.05) is 6.07 Å². The van der Waals surface area contributed by atoms with E-state index >= 15 is 0 Å². The Labute approximate surface area is 133 Å². The molecule has 1 fully saturated rings. The molecular weight excluding hydrogens is 328 g/mol. The van der Waals surface area contributed by atoms with Crippen LogP contribution in [-0.2, 0) is 14.8 Å². The second-order valence-corrected chi connectivity index (χ2v) is 7.21. The monoisotopic (exact) mass is 347 g/mol. The van der Waals surface area contributed by atoms with E-state index in [1.807, 2.05) is 0 Å². The van der Waals surface area contributed by atoms with Crippen molar-refractivity contribution in [2.75, 3.05) is 26.2 Å². The number of hydrogen-bond acceptors (Lipinski definition) is 4. The highest BCUT2D eigenvalue weighted by Crippen LogP contribution is 2.27. The molecule has 1 amide bonds. The first-order valence-electron chi connectivity index (χ1n) is 7.30. The topological polar surface area (TPSA) is 92.5 Å². The molecule has 2 rings (SSSR count). The summed E-state index contributed by atoms with van der Waals surface area (Å²) in [5.41, 5.74) is 5.31. The zero-order chi connectivity index (χ0) is 17.0. The van der Waals surface area contributed by atoms with Crippen molar-refractivity contribution in [2.45, 2.75) is 17.7 Å². The highest BCUT2D eigenvalue weighted by atomic mass is 32.2. The van der Waals surface area contributed by atoms with Crippen molar-refractivity contribution >= 4 is 15.9 Å². The van der Waals surface area contributed by atoms with Gasteiger partial charge in [-0.3, -0.25) is 4.79 Å². The maximum Gasteiger partial charge on any atom is 0.248 e. The summed E-state index contributed by atoms with van der Waals surface area (Å²) in [5, 5.41) is 2.60. The third kappa shape index (κ3) is 3.85. The van der Waals surface area contributed by atoms with E-state index in [0.717, 1.165) is 22.5 Å². The maximum atomic E-state index is 13.8. The van der Waals surface area contributed by atoms with Gasteiger partial charge in [-0.25, -0.2) is 17.2 Å². The van der Waals surface area contributed by atoms with Gasteiger partial charge in [0.2, 0.25) is 15.9 Å². The fourth-order valence-corrected chi connectivity index (χ4v) is 4.21. The van der Waals surface area contributed by atoms with Gasteiger partial charge in [0, 0.05) is 26.2 Å². The fourth-order valence-electron chi connectivity index (χ4n) is 2.57. The van der Waals surface area contributed by atoms with Crippen LogP contribution in [0.1, 0.15) is 12.8 Å². The highest BCUT2D eigenvalue weighted by Gasteiger charge is 2.36. The molecule has 1 aliphatic rings. The molecule has 3 N–H and O–H groups in total. The molecule has 1 aromatic rings. The number of sulfonamides is 1. The van der Waals surface area contributed by atoms with Crippen LogP contribution in [0.15, 0.2) is 23.1 Å². The Hall–Kier alpha value is -1.58. The van der Waals surface area contributed by atoms with E-state index in [2.05, 4.69) is 5.32 Å². The molecule has 9 heteroatoms. The first kappa shape index (κ1) is 17.8. The Bertz CT molecular complexity index is 662. The average Bonchev–Trinajstić information content (AvgIpc) is 2.52. The quantitative estimate of drug-likeness (QED) is 0.808. The largest absolute Gasteiger partial charge is 0.355 e. The summed E-state index contributed by atoms with van der Waals surface area (Å²) in [7, 11) is -4.33. The Balaban J connectivity index is 2.22. The SMILES string of the molecule is NCCNC(=O)C1CCCN(S(=O)(=O)c2c(F)cccc2F)C1. The fraction of sp³-hybridized carbons (Fsp3) is 0.500. The van der Waals surface area contributed by atoms with Gasteiger partial charge >= 0.3 is 0 Å². The lowest BCUT2D eigenvalue weighted by atomic mass is 9.99. The number of benzene rings is 1. The third-order valence-corrected chi connectivity index (χ3v) is 5.63. The van der Waals surface area contributed by atoms with Gasteiger partial charge in [-0.15, -0.1) is 0 Å². The van der Waals surface area contributed by atoms with Crippen molar-refractivity contribution in [1.82, 2.24) is 9.62 Å². The molecule has 6 nitrogen and oxygen atoms in total. The lowest BCUT2D eigenvalue weighted by Crippen LogP contribution is -2.46. The van der Waals surface area contributed by atoms with E-state index in [1.165, 1.54) is 0 Å². The predicted molar refractivity (Wildman–Crippen MR) is 79.9 cm³/mol. The van der Waals surface area contributed by atoms with Gasteiger partial charge in [0.25, 0.3) is 0 Å². The normalized spacial score (nSPS) is 19.5. The van der Waals surface area contributed by atoms with Crippen molar-refractivity contribution in [3.8, 4) is 0 Å². The molecule has 0 spiro atoms. The lowest BCUT2D eigenvalue weighted by molar-refractivity contribution is -0.126. The van der Waals surface area contributed by atoms with E-state index < -0.39 is 32.5 Å². The van der Waals surface area contributed by atoms with Gasteiger partial charge < -0.3 is 11.1 Å². The Kier molecular flexibility index (Phi) is 5.66. The summed E-state index contributed by atoms with van der Waals surface area (Å²) < 4.78 is 53.5. The summed E-state index contributed by atoms with van der Waals surface area (Å²) >= 11 is 0. The van der Waals surface area contributed by atoms with E-state index in [4.69, 9.17) is 5.73 Å². The van der Waals surface area contributed by atoms with Gasteiger partial charge in [0.1, 0.15) is 11.6 Å². The third-order valence-electron chi connectivity index (χ3n) is 3.72. The number of nitrogens with two attached hydrogens (primary N) is 1. The van der Waals surface area contributed by atoms with E-state index in [1.54, 1.807) is 0 Å². The van der Waals surface area contributed by atoms with Gasteiger partial charge in [-0.2, -0.15) is 4.31 Å². The molecule has 1 saturated heterocycles. The molecule has 0 bridgehead atoms. The number of halogens is 2. The molecule has 1 heterocycles. The number of hydrogen-bond donors (Lipinski definition) is 2. The van der Waals surface area contributed by atoms with E-state index in [-0.39, 0.29) is 25.5 Å². The molecule has 0 aliphatic carbocycles. The molecular formula is C14H19F2N3O3S. The number of carbonyl (C=O) groups is 1. The van der Waals surface area contributed by atoms with Gasteiger partial charge in [0.15, 0.2) is 4.90 Å². The minimum atomic E-state index is -4.33. The maximum absolute atomic E-state index is 13.8. The van der Waals surface area contributed by atoms with Crippen molar-refractivity contribution in [3.05, 3.63) is 29.8 Å². The van der Waals surface area contributed by atoms with Crippen LogP contribution in [0.5, 0.6) is 0 Å². The molecule has 1 aliphatic heterocycles. The van der Waals surface area contributed by atoms with Crippen LogP contribution in [0.2, 0.25) is 0 Å². The molecule has 23 heavy (non-hydrogen) atoms. The minimum Gasteiger partial charge on any atom is -0.355 e. The summed E-state index contributed by atoms with van der Waals surface area (Å²) in [6.07, 6.45) is 0.957. The van der Waals surface area contributed by atoms with Crippen LogP contribution in [0.25, 0.3) is 0 Å². The van der Waals surface area contributed by atoms with Crippen molar-refractivity contribution < 1.29 is 22.0 Å². The van der Waals surface area contributed by atoms with Crippen molar-refractivity contribution in [3.63, 3.8) is 0 Å². The van der Waals surface area contributed by atoms with Crippen molar-refractivity contribution in [2.24, 2.45) is 11.7 Å². The molecule has 1 aromatic carbocycles. The van der Waals surface area contributed by atoms with Crippen LogP contribution in [0.4, 0.5) is 8.78 Å². The summed E-state index contributed by atoms with van der Waals surface area (Å²) in [4.78, 5) is 11.0. The Morgan fingerprint density at radius 3 is 2.61 bits per heavy atom. The predicted octanol–water partition coefficient (Wildman–Crippen LogP) is 0.440. The molecule has 128 valence electrons. The number of piperidine rings is 1. The van der Waals surface area contributed by atoms with Gasteiger partial charge in [0.05, 0.1) is 5.92 Å².